The molecule has 0 saturated carbocycles. The Morgan fingerprint density at radius 3 is 2.07 bits per heavy atom. The lowest BCUT2D eigenvalue weighted by atomic mass is 9.99. The fraction of sp³-hybridized carbons (Fsp3) is 0. The average molecular weight is 689 g/mol. The molecule has 0 amide bonds. The van der Waals surface area contributed by atoms with Crippen molar-refractivity contribution in [2.24, 2.45) is 0 Å². The van der Waals surface area contributed by atoms with Crippen molar-refractivity contribution in [3.05, 3.63) is 155 Å². The van der Waals surface area contributed by atoms with E-state index in [0.29, 0.717) is 0 Å². The van der Waals surface area contributed by atoms with Crippen LogP contribution in [-0.2, 0) is 0 Å². The van der Waals surface area contributed by atoms with Crippen LogP contribution >= 0.6 is 22.6 Å². The summed E-state index contributed by atoms with van der Waals surface area (Å²) in [4.78, 5) is 7.59. The summed E-state index contributed by atoms with van der Waals surface area (Å²) in [6, 6.07) is 53.4. The van der Waals surface area contributed by atoms with Gasteiger partial charge in [-0.1, -0.05) is 103 Å². The van der Waals surface area contributed by atoms with Crippen molar-refractivity contribution in [3.8, 4) is 11.1 Å². The van der Waals surface area contributed by atoms with Gasteiger partial charge in [-0.2, -0.15) is 0 Å². The zero-order valence-corrected chi connectivity index (χ0v) is 26.3. The summed E-state index contributed by atoms with van der Waals surface area (Å²) in [5.74, 6) is 0.890. The lowest BCUT2D eigenvalue weighted by Crippen LogP contribution is -2.14. The maximum atomic E-state index is 6.61. The number of hydrogen-bond donors (Lipinski definition) is 0. The summed E-state index contributed by atoms with van der Waals surface area (Å²) >= 11 is 2.49. The number of nitrogens with zero attached hydrogens (tertiary/aromatic N) is 2. The quantitative estimate of drug-likeness (QED) is 0.172. The number of furan rings is 1. The van der Waals surface area contributed by atoms with Gasteiger partial charge in [0.1, 0.15) is 11.2 Å². The molecular weight excluding hydrogens is 663 g/mol. The molecule has 4 heteroatoms. The maximum absolute atomic E-state index is 6.61. The Bertz CT molecular complexity index is 2570. The molecule has 212 valence electrons. The lowest BCUT2D eigenvalue weighted by molar-refractivity contribution is 0.673. The van der Waals surface area contributed by atoms with Crippen molar-refractivity contribution in [2.45, 2.75) is 0 Å². The van der Waals surface area contributed by atoms with Gasteiger partial charge < -0.3 is 4.42 Å². The number of anilines is 3. The first-order chi connectivity index (χ1) is 22.2. The van der Waals surface area contributed by atoms with Crippen LogP contribution in [0.5, 0.6) is 0 Å². The summed E-state index contributed by atoms with van der Waals surface area (Å²) in [6.07, 6.45) is 0. The minimum absolute atomic E-state index is 0.881. The molecule has 45 heavy (non-hydrogen) atoms. The predicted molar refractivity (Wildman–Crippen MR) is 197 cm³/mol. The van der Waals surface area contributed by atoms with Gasteiger partial charge in [-0.3, -0.25) is 4.90 Å². The van der Waals surface area contributed by atoms with Gasteiger partial charge in [0.05, 0.1) is 9.09 Å². The zero-order chi connectivity index (χ0) is 29.9. The summed E-state index contributed by atoms with van der Waals surface area (Å²) in [5.41, 5.74) is 7.12. The number of aromatic nitrogens is 1. The molecule has 0 aliphatic rings. The Morgan fingerprint density at radius 1 is 0.511 bits per heavy atom. The first-order valence-corrected chi connectivity index (χ1v) is 16.1. The molecule has 9 rings (SSSR count). The molecular formula is C41H25IN2O. The molecule has 9 aromatic rings. The van der Waals surface area contributed by atoms with E-state index in [1.807, 2.05) is 0 Å². The van der Waals surface area contributed by atoms with Gasteiger partial charge >= 0.3 is 0 Å². The Balaban J connectivity index is 1.30. The van der Waals surface area contributed by atoms with Crippen molar-refractivity contribution in [1.29, 1.82) is 0 Å². The van der Waals surface area contributed by atoms with Crippen LogP contribution in [0, 0.1) is 3.57 Å². The number of hydrogen-bond acceptors (Lipinski definition) is 3. The molecule has 0 N–H and O–H groups in total. The van der Waals surface area contributed by atoms with Crippen LogP contribution < -0.4 is 4.90 Å². The molecule has 2 heterocycles. The summed E-state index contributed by atoms with van der Waals surface area (Å²) in [7, 11) is 0. The van der Waals surface area contributed by atoms with Gasteiger partial charge in [0, 0.05) is 38.5 Å². The Morgan fingerprint density at radius 2 is 1.20 bits per heavy atom. The number of halogens is 1. The summed E-state index contributed by atoms with van der Waals surface area (Å²) in [6.45, 7) is 0. The third kappa shape index (κ3) is 4.28. The molecule has 0 aliphatic carbocycles. The van der Waals surface area contributed by atoms with Crippen LogP contribution in [-0.4, -0.2) is 4.98 Å². The number of para-hydroxylation sites is 2. The van der Waals surface area contributed by atoms with Crippen molar-refractivity contribution in [3.63, 3.8) is 0 Å². The second kappa shape index (κ2) is 10.5. The van der Waals surface area contributed by atoms with Crippen LogP contribution in [0.1, 0.15) is 0 Å². The molecule has 0 atom stereocenters. The molecule has 7 aromatic carbocycles. The minimum atomic E-state index is 0.881. The number of pyridine rings is 1. The molecule has 0 bridgehead atoms. The van der Waals surface area contributed by atoms with E-state index in [1.54, 1.807) is 0 Å². The van der Waals surface area contributed by atoms with Crippen molar-refractivity contribution >= 4 is 94.2 Å². The standard InChI is InChI=1S/C41H25IN2O/c42-39-38(29-20-22-33-34-23-19-27-11-6-7-15-32(27)40(34)45-37(33)25-29)35-16-8-9-17-36(35)43-41(39)44(30-13-2-1-3-14-30)31-21-18-26-10-4-5-12-28(26)24-31/h1-25H. The van der Waals surface area contributed by atoms with Crippen LogP contribution in [0.4, 0.5) is 17.2 Å². The maximum Gasteiger partial charge on any atom is 0.152 e. The van der Waals surface area contributed by atoms with E-state index in [1.165, 1.54) is 16.2 Å². The van der Waals surface area contributed by atoms with E-state index in [2.05, 4.69) is 179 Å². The second-order valence-corrected chi connectivity index (χ2v) is 12.4. The third-order valence-electron chi connectivity index (χ3n) is 8.69. The largest absolute Gasteiger partial charge is 0.455 e. The summed E-state index contributed by atoms with van der Waals surface area (Å²) < 4.78 is 7.68. The van der Waals surface area contributed by atoms with E-state index < -0.39 is 0 Å². The highest BCUT2D eigenvalue weighted by atomic mass is 127. The second-order valence-electron chi connectivity index (χ2n) is 11.3. The number of rotatable bonds is 4. The van der Waals surface area contributed by atoms with E-state index in [4.69, 9.17) is 9.40 Å². The predicted octanol–water partition coefficient (Wildman–Crippen LogP) is 12.2. The summed E-state index contributed by atoms with van der Waals surface area (Å²) in [5, 5.41) is 8.08. The molecule has 0 saturated heterocycles. The first kappa shape index (κ1) is 26.2. The van der Waals surface area contributed by atoms with Crippen LogP contribution in [0.2, 0.25) is 0 Å². The first-order valence-electron chi connectivity index (χ1n) is 15.0. The van der Waals surface area contributed by atoms with E-state index in [9.17, 15) is 0 Å². The van der Waals surface area contributed by atoms with Gasteiger partial charge in [-0.05, 0) is 92.8 Å². The molecule has 2 aromatic heterocycles. The number of benzene rings is 7. The van der Waals surface area contributed by atoms with Gasteiger partial charge in [-0.25, -0.2) is 4.98 Å². The monoisotopic (exact) mass is 688 g/mol. The Hall–Kier alpha value is -5.20. The van der Waals surface area contributed by atoms with Crippen LogP contribution in [0.15, 0.2) is 156 Å². The zero-order valence-electron chi connectivity index (χ0n) is 24.1. The van der Waals surface area contributed by atoms with Crippen molar-refractivity contribution in [1.82, 2.24) is 4.98 Å². The van der Waals surface area contributed by atoms with E-state index in [0.717, 1.165) is 70.1 Å². The normalized spacial score (nSPS) is 11.7. The fourth-order valence-electron chi connectivity index (χ4n) is 6.55. The van der Waals surface area contributed by atoms with Crippen molar-refractivity contribution in [2.75, 3.05) is 4.90 Å². The van der Waals surface area contributed by atoms with Gasteiger partial charge in [0.2, 0.25) is 0 Å². The molecule has 0 fully saturated rings. The van der Waals surface area contributed by atoms with Crippen molar-refractivity contribution < 1.29 is 4.42 Å². The average Bonchev–Trinajstić information content (AvgIpc) is 3.47. The Kier molecular flexibility index (Phi) is 6.10. The van der Waals surface area contributed by atoms with Crippen LogP contribution in [0.3, 0.4) is 0 Å². The smallest absolute Gasteiger partial charge is 0.152 e. The van der Waals surface area contributed by atoms with E-state index in [-0.39, 0.29) is 0 Å². The molecule has 0 radical (unpaired) electrons. The van der Waals surface area contributed by atoms with Crippen LogP contribution in [0.25, 0.3) is 65.5 Å². The minimum Gasteiger partial charge on any atom is -0.455 e. The van der Waals surface area contributed by atoms with E-state index >= 15 is 0 Å². The SMILES string of the molecule is Ic1c(N(c2ccccc2)c2ccc3ccccc3c2)nc2ccccc2c1-c1ccc2c(c1)oc1c3ccccc3ccc21. The molecule has 0 spiro atoms. The van der Waals surface area contributed by atoms with Gasteiger partial charge in [0.25, 0.3) is 0 Å². The molecule has 0 aliphatic heterocycles. The highest BCUT2D eigenvalue weighted by Crippen LogP contribution is 2.44. The Labute approximate surface area is 273 Å². The lowest BCUT2D eigenvalue weighted by Gasteiger charge is -2.27. The molecule has 3 nitrogen and oxygen atoms in total. The topological polar surface area (TPSA) is 29.3 Å². The number of fused-ring (bicyclic) bond motifs is 7. The molecule has 0 unspecified atom stereocenters. The third-order valence-corrected chi connectivity index (χ3v) is 9.71. The highest BCUT2D eigenvalue weighted by molar-refractivity contribution is 14.1. The van der Waals surface area contributed by atoms with Gasteiger partial charge in [0.15, 0.2) is 5.82 Å². The van der Waals surface area contributed by atoms with Gasteiger partial charge in [-0.15, -0.1) is 0 Å². The highest BCUT2D eigenvalue weighted by Gasteiger charge is 2.23. The fourth-order valence-corrected chi connectivity index (χ4v) is 7.52.